The third-order valence-corrected chi connectivity index (χ3v) is 6.49. The maximum atomic E-state index is 13.4. The number of fused-ring (bicyclic) bond motifs is 3. The molecule has 2 heterocycles. The van der Waals surface area contributed by atoms with Gasteiger partial charge in [-0.3, -0.25) is 9.59 Å². The van der Waals surface area contributed by atoms with Gasteiger partial charge in [0.25, 0.3) is 5.91 Å². The molecule has 2 aromatic carbocycles. The molecule has 0 bridgehead atoms. The third-order valence-electron chi connectivity index (χ3n) is 6.49. The largest absolute Gasteiger partial charge is 0.462 e. The van der Waals surface area contributed by atoms with Gasteiger partial charge in [-0.15, -0.1) is 0 Å². The number of hydrogen-bond acceptors (Lipinski definition) is 4. The molecule has 1 aromatic heterocycles. The number of ether oxygens (including phenoxy) is 1. The Morgan fingerprint density at radius 3 is 2.44 bits per heavy atom. The predicted octanol–water partition coefficient (Wildman–Crippen LogP) is 5.02. The van der Waals surface area contributed by atoms with Gasteiger partial charge in [0.05, 0.1) is 17.9 Å². The van der Waals surface area contributed by atoms with Gasteiger partial charge >= 0.3 is 5.97 Å². The summed E-state index contributed by atoms with van der Waals surface area (Å²) in [4.78, 5) is 45.2. The van der Waals surface area contributed by atoms with E-state index >= 15 is 0 Å². The van der Waals surface area contributed by atoms with Crippen LogP contribution in [0.1, 0.15) is 55.7 Å². The smallest absolute Gasteiger partial charge is 0.341 e. The van der Waals surface area contributed by atoms with Crippen LogP contribution >= 0.6 is 0 Å². The molecule has 0 aliphatic carbocycles. The molecule has 2 amide bonds. The molecule has 0 fully saturated rings. The summed E-state index contributed by atoms with van der Waals surface area (Å²) in [6.45, 7) is 8.00. The van der Waals surface area contributed by atoms with E-state index in [-0.39, 0.29) is 30.5 Å². The summed E-state index contributed by atoms with van der Waals surface area (Å²) in [5.74, 6) is -1.35. The number of anilines is 1. The van der Waals surface area contributed by atoms with Gasteiger partial charge in [0.15, 0.2) is 0 Å². The molecule has 188 valence electrons. The van der Waals surface area contributed by atoms with Crippen LogP contribution in [0, 0.1) is 5.82 Å². The summed E-state index contributed by atoms with van der Waals surface area (Å²) < 4.78 is 18.8. The molecule has 7 nitrogen and oxygen atoms in total. The van der Waals surface area contributed by atoms with E-state index in [1.54, 1.807) is 18.9 Å². The number of hydrogen-bond donors (Lipinski definition) is 1. The number of carbonyl (C=O) groups is 3. The molecule has 0 unspecified atom stereocenters. The minimum atomic E-state index is -0.569. The Labute approximate surface area is 209 Å². The molecule has 0 atom stereocenters. The van der Waals surface area contributed by atoms with Crippen LogP contribution in [-0.4, -0.2) is 47.9 Å². The number of aromatic nitrogens is 1. The summed E-state index contributed by atoms with van der Waals surface area (Å²) in [6, 6.07) is 11.0. The van der Waals surface area contributed by atoms with Gasteiger partial charge in [-0.25, -0.2) is 9.18 Å². The molecular formula is C28H30FN3O4. The van der Waals surface area contributed by atoms with Crippen molar-refractivity contribution in [3.63, 3.8) is 0 Å². The van der Waals surface area contributed by atoms with Crippen molar-refractivity contribution in [1.29, 1.82) is 0 Å². The van der Waals surface area contributed by atoms with Crippen molar-refractivity contribution in [2.24, 2.45) is 0 Å². The maximum absolute atomic E-state index is 13.4. The van der Waals surface area contributed by atoms with Crippen LogP contribution in [0.4, 0.5) is 10.1 Å². The van der Waals surface area contributed by atoms with E-state index < -0.39 is 17.2 Å². The summed E-state index contributed by atoms with van der Waals surface area (Å²) in [5, 5.41) is 0.891. The van der Waals surface area contributed by atoms with Crippen molar-refractivity contribution < 1.29 is 23.5 Å². The Morgan fingerprint density at radius 1 is 1.11 bits per heavy atom. The molecule has 1 aliphatic heterocycles. The normalized spacial score (nSPS) is 14.6. The Balaban J connectivity index is 1.88. The second-order valence-corrected chi connectivity index (χ2v) is 9.50. The minimum Gasteiger partial charge on any atom is -0.462 e. The zero-order valence-electron chi connectivity index (χ0n) is 21.1. The first-order valence-electron chi connectivity index (χ1n) is 12.0. The summed E-state index contributed by atoms with van der Waals surface area (Å²) in [5.41, 5.74) is 2.93. The fourth-order valence-corrected chi connectivity index (χ4v) is 4.70. The number of amides is 2. The van der Waals surface area contributed by atoms with Crippen LogP contribution in [0.5, 0.6) is 0 Å². The number of carbonyl (C=O) groups excluding carboxylic acids is 3. The zero-order valence-corrected chi connectivity index (χ0v) is 21.1. The van der Waals surface area contributed by atoms with E-state index in [0.717, 1.165) is 22.2 Å². The highest BCUT2D eigenvalue weighted by Crippen LogP contribution is 2.41. The summed E-state index contributed by atoms with van der Waals surface area (Å²) in [6.07, 6.45) is 1.90. The Morgan fingerprint density at radius 2 is 1.81 bits per heavy atom. The molecule has 0 radical (unpaired) electrons. The maximum Gasteiger partial charge on any atom is 0.341 e. The molecule has 0 spiro atoms. The Kier molecular flexibility index (Phi) is 6.71. The highest BCUT2D eigenvalue weighted by Gasteiger charge is 2.37. The highest BCUT2D eigenvalue weighted by molar-refractivity contribution is 6.18. The fourth-order valence-electron chi connectivity index (χ4n) is 4.70. The van der Waals surface area contributed by atoms with Gasteiger partial charge in [-0.2, -0.15) is 0 Å². The van der Waals surface area contributed by atoms with Crippen molar-refractivity contribution in [3.8, 4) is 0 Å². The van der Waals surface area contributed by atoms with Crippen molar-refractivity contribution in [2.45, 2.75) is 39.5 Å². The second-order valence-electron chi connectivity index (χ2n) is 9.50. The monoisotopic (exact) mass is 491 g/mol. The van der Waals surface area contributed by atoms with Gasteiger partial charge in [-0.1, -0.05) is 26.8 Å². The number of nitrogens with one attached hydrogen (secondary N) is 1. The third kappa shape index (κ3) is 4.51. The summed E-state index contributed by atoms with van der Waals surface area (Å²) in [7, 11) is 1.73. The van der Waals surface area contributed by atoms with Crippen LogP contribution in [0.15, 0.2) is 48.7 Å². The average molecular weight is 492 g/mol. The van der Waals surface area contributed by atoms with Crippen molar-refractivity contribution in [2.75, 3.05) is 25.1 Å². The lowest BCUT2D eigenvalue weighted by Crippen LogP contribution is -2.37. The van der Waals surface area contributed by atoms with Crippen LogP contribution in [0.2, 0.25) is 0 Å². The van der Waals surface area contributed by atoms with Gasteiger partial charge < -0.3 is 19.5 Å². The average Bonchev–Trinajstić information content (AvgIpc) is 3.19. The fraction of sp³-hybridized carbons (Fsp3) is 0.321. The first-order chi connectivity index (χ1) is 17.1. The quantitative estimate of drug-likeness (QED) is 0.508. The van der Waals surface area contributed by atoms with E-state index in [2.05, 4.69) is 4.98 Å². The lowest BCUT2D eigenvalue weighted by molar-refractivity contribution is -0.136. The number of halogens is 1. The Hall–Kier alpha value is -3.94. The van der Waals surface area contributed by atoms with Gasteiger partial charge in [0.2, 0.25) is 5.91 Å². The van der Waals surface area contributed by atoms with Gasteiger partial charge in [0.1, 0.15) is 5.82 Å². The van der Waals surface area contributed by atoms with Gasteiger partial charge in [0, 0.05) is 53.8 Å². The lowest BCUT2D eigenvalue weighted by atomic mass is 9.81. The van der Waals surface area contributed by atoms with E-state index in [0.29, 0.717) is 17.7 Å². The SMILES string of the molecule is CCOC(=O)C1=CN(C(=O)c2ccc(F)cc2)CC(C)(C)c2c1[nH]c1cc(N(C)C(=O)CC)ccc21. The zero-order chi connectivity index (χ0) is 26.2. The topological polar surface area (TPSA) is 82.7 Å². The molecule has 4 rings (SSSR count). The van der Waals surface area contributed by atoms with Crippen LogP contribution in [-0.2, 0) is 19.7 Å². The number of nitrogens with zero attached hydrogens (tertiary/aromatic N) is 2. The number of H-pyrrole nitrogens is 1. The van der Waals surface area contributed by atoms with Crippen molar-refractivity contribution in [3.05, 3.63) is 71.3 Å². The molecule has 36 heavy (non-hydrogen) atoms. The van der Waals surface area contributed by atoms with Crippen LogP contribution in [0.25, 0.3) is 16.5 Å². The van der Waals surface area contributed by atoms with Crippen LogP contribution in [0.3, 0.4) is 0 Å². The first-order valence-corrected chi connectivity index (χ1v) is 12.0. The van der Waals surface area contributed by atoms with Gasteiger partial charge in [-0.05, 0) is 48.9 Å². The summed E-state index contributed by atoms with van der Waals surface area (Å²) >= 11 is 0. The van der Waals surface area contributed by atoms with Crippen molar-refractivity contribution >= 4 is 39.9 Å². The lowest BCUT2D eigenvalue weighted by Gasteiger charge is -2.29. The first kappa shape index (κ1) is 25.2. The molecular weight excluding hydrogens is 461 g/mol. The van der Waals surface area contributed by atoms with E-state index in [9.17, 15) is 18.8 Å². The predicted molar refractivity (Wildman–Crippen MR) is 137 cm³/mol. The van der Waals surface area contributed by atoms with E-state index in [1.165, 1.54) is 35.4 Å². The molecule has 1 N–H and O–H groups in total. The number of rotatable bonds is 5. The van der Waals surface area contributed by atoms with Crippen molar-refractivity contribution in [1.82, 2.24) is 9.88 Å². The number of aromatic amines is 1. The standard InChI is InChI=1S/C28H30FN3O4/c1-6-23(33)31(5)19-12-13-20-22(14-19)30-25-21(27(35)36-7-2)15-32(16-28(3,4)24(20)25)26(34)17-8-10-18(29)11-9-17/h8-15,30H,6-7,16H2,1-5H3. The van der Waals surface area contributed by atoms with E-state index in [1.807, 2.05) is 39.0 Å². The minimum absolute atomic E-state index is 0.00939. The molecule has 0 saturated carbocycles. The molecule has 8 heteroatoms. The molecule has 1 aliphatic rings. The Bertz CT molecular complexity index is 1370. The highest BCUT2D eigenvalue weighted by atomic mass is 19.1. The molecule has 0 saturated heterocycles. The molecule has 3 aromatic rings. The second kappa shape index (κ2) is 9.60. The van der Waals surface area contributed by atoms with E-state index in [4.69, 9.17) is 4.74 Å². The number of benzene rings is 2. The number of esters is 1. The van der Waals surface area contributed by atoms with Crippen LogP contribution < -0.4 is 4.90 Å².